The third kappa shape index (κ3) is 3.93. The second-order valence-electron chi connectivity index (χ2n) is 7.39. The molecule has 2 aliphatic rings. The molecule has 1 saturated carbocycles. The van der Waals surface area contributed by atoms with Gasteiger partial charge in [0.2, 0.25) is 0 Å². The number of carbonyl (C=O) groups is 1. The highest BCUT2D eigenvalue weighted by Crippen LogP contribution is 2.39. The Balaban J connectivity index is 1.32. The van der Waals surface area contributed by atoms with Crippen molar-refractivity contribution in [3.8, 4) is 0 Å². The highest BCUT2D eigenvalue weighted by molar-refractivity contribution is 7.97. The molecule has 1 amide bonds. The van der Waals surface area contributed by atoms with Crippen molar-refractivity contribution in [3.63, 3.8) is 0 Å². The standard InChI is InChI=1S/C21H23N7OS/c1-2-22-21(29)15-5-7-16(8-6-15)30-27-12-19-23-9-10-28(19)20(13-27)24-18-11-17(25-26-18)14-3-4-14/h5-11,13-14H,2-4,12H2,1H3,(H,22,29)(H2,24,25,26). The minimum absolute atomic E-state index is 0.0509. The normalized spacial score (nSPS) is 15.5. The van der Waals surface area contributed by atoms with Crippen molar-refractivity contribution in [1.82, 2.24) is 29.4 Å². The number of amides is 1. The van der Waals surface area contributed by atoms with E-state index in [2.05, 4.69) is 42.4 Å². The highest BCUT2D eigenvalue weighted by Gasteiger charge is 2.26. The molecule has 0 atom stereocenters. The summed E-state index contributed by atoms with van der Waals surface area (Å²) < 4.78 is 4.17. The minimum Gasteiger partial charge on any atom is -0.352 e. The van der Waals surface area contributed by atoms with Gasteiger partial charge in [-0.2, -0.15) is 5.10 Å². The lowest BCUT2D eigenvalue weighted by Crippen LogP contribution is -2.23. The molecule has 8 nitrogen and oxygen atoms in total. The Bertz CT molecular complexity index is 1080. The van der Waals surface area contributed by atoms with Gasteiger partial charge in [-0.3, -0.25) is 14.5 Å². The smallest absolute Gasteiger partial charge is 0.251 e. The van der Waals surface area contributed by atoms with E-state index in [0.717, 1.165) is 22.4 Å². The summed E-state index contributed by atoms with van der Waals surface area (Å²) >= 11 is 1.60. The van der Waals surface area contributed by atoms with Gasteiger partial charge in [0.05, 0.1) is 12.7 Å². The molecule has 5 rings (SSSR count). The zero-order chi connectivity index (χ0) is 20.5. The second-order valence-corrected chi connectivity index (χ2v) is 8.51. The molecule has 30 heavy (non-hydrogen) atoms. The van der Waals surface area contributed by atoms with Crippen LogP contribution in [-0.2, 0) is 6.54 Å². The van der Waals surface area contributed by atoms with E-state index in [1.54, 1.807) is 18.1 Å². The maximum absolute atomic E-state index is 12.0. The summed E-state index contributed by atoms with van der Waals surface area (Å²) in [7, 11) is 0. The molecule has 0 saturated heterocycles. The van der Waals surface area contributed by atoms with Crippen LogP contribution in [0.25, 0.3) is 5.82 Å². The Morgan fingerprint density at radius 2 is 2.13 bits per heavy atom. The molecule has 1 aliphatic heterocycles. The minimum atomic E-state index is -0.0509. The lowest BCUT2D eigenvalue weighted by Gasteiger charge is -2.26. The molecule has 9 heteroatoms. The number of fused-ring (bicyclic) bond motifs is 1. The Morgan fingerprint density at radius 1 is 1.30 bits per heavy atom. The summed E-state index contributed by atoms with van der Waals surface area (Å²) in [4.78, 5) is 17.5. The van der Waals surface area contributed by atoms with Crippen molar-refractivity contribution >= 4 is 29.5 Å². The average molecular weight is 422 g/mol. The number of carbonyl (C=O) groups excluding carboxylic acids is 1. The van der Waals surface area contributed by atoms with Crippen LogP contribution in [0.15, 0.2) is 53.8 Å². The van der Waals surface area contributed by atoms with Crippen molar-refractivity contribution in [1.29, 1.82) is 0 Å². The SMILES string of the molecule is CCNC(=O)c1ccc(SN2C=C(Nc3cc(C4CC4)[nH]n3)n3ccnc3C2)cc1. The van der Waals surface area contributed by atoms with E-state index in [0.29, 0.717) is 24.6 Å². The Morgan fingerprint density at radius 3 is 2.90 bits per heavy atom. The first kappa shape index (κ1) is 18.8. The van der Waals surface area contributed by atoms with Gasteiger partial charge in [-0.1, -0.05) is 0 Å². The topological polar surface area (TPSA) is 90.9 Å². The number of hydrogen-bond donors (Lipinski definition) is 3. The number of anilines is 1. The van der Waals surface area contributed by atoms with Crippen LogP contribution in [0.3, 0.4) is 0 Å². The number of aromatic amines is 1. The lowest BCUT2D eigenvalue weighted by molar-refractivity contribution is 0.0956. The van der Waals surface area contributed by atoms with Gasteiger partial charge in [0.15, 0.2) is 5.82 Å². The number of benzene rings is 1. The van der Waals surface area contributed by atoms with Crippen molar-refractivity contribution in [2.45, 2.75) is 37.1 Å². The maximum atomic E-state index is 12.0. The summed E-state index contributed by atoms with van der Waals surface area (Å²) in [5.41, 5.74) is 1.86. The molecule has 0 unspecified atom stereocenters. The number of nitrogens with one attached hydrogen (secondary N) is 3. The fraction of sp³-hybridized carbons (Fsp3) is 0.286. The monoisotopic (exact) mass is 421 g/mol. The molecular formula is C21H23N7OS. The molecule has 3 N–H and O–H groups in total. The molecule has 154 valence electrons. The molecule has 1 aromatic carbocycles. The average Bonchev–Trinajstić information content (AvgIpc) is 3.30. The predicted octanol–water partition coefficient (Wildman–Crippen LogP) is 3.62. The molecule has 3 aromatic rings. The molecule has 0 radical (unpaired) electrons. The predicted molar refractivity (Wildman–Crippen MR) is 117 cm³/mol. The van der Waals surface area contributed by atoms with Crippen LogP contribution < -0.4 is 10.6 Å². The number of aromatic nitrogens is 4. The van der Waals surface area contributed by atoms with Gasteiger partial charge in [-0.25, -0.2) is 4.98 Å². The van der Waals surface area contributed by atoms with E-state index in [4.69, 9.17) is 0 Å². The molecular weight excluding hydrogens is 398 g/mol. The summed E-state index contributed by atoms with van der Waals surface area (Å²) in [6, 6.07) is 9.72. The Hall–Kier alpha value is -3.20. The van der Waals surface area contributed by atoms with Gasteiger partial charge >= 0.3 is 0 Å². The van der Waals surface area contributed by atoms with Crippen LogP contribution in [-0.4, -0.2) is 36.5 Å². The first-order valence-electron chi connectivity index (χ1n) is 10.1. The van der Waals surface area contributed by atoms with Gasteiger partial charge in [-0.05, 0) is 56.0 Å². The van der Waals surface area contributed by atoms with Crippen LogP contribution in [0.2, 0.25) is 0 Å². The van der Waals surface area contributed by atoms with E-state index in [-0.39, 0.29) is 5.91 Å². The summed E-state index contributed by atoms with van der Waals surface area (Å²) in [5.74, 6) is 3.23. The van der Waals surface area contributed by atoms with Crippen LogP contribution in [0, 0.1) is 0 Å². The molecule has 2 aromatic heterocycles. The zero-order valence-electron chi connectivity index (χ0n) is 16.6. The summed E-state index contributed by atoms with van der Waals surface area (Å²) in [6.07, 6.45) is 8.28. The Labute approximate surface area is 178 Å². The van der Waals surface area contributed by atoms with Crippen LogP contribution in [0.4, 0.5) is 5.82 Å². The van der Waals surface area contributed by atoms with Gasteiger partial charge in [0.1, 0.15) is 11.6 Å². The van der Waals surface area contributed by atoms with E-state index in [1.807, 2.05) is 42.0 Å². The van der Waals surface area contributed by atoms with Crippen molar-refractivity contribution in [3.05, 3.63) is 66.0 Å². The van der Waals surface area contributed by atoms with Gasteiger partial charge in [0.25, 0.3) is 5.91 Å². The first-order valence-corrected chi connectivity index (χ1v) is 10.9. The fourth-order valence-electron chi connectivity index (χ4n) is 3.41. The first-order chi connectivity index (χ1) is 14.7. The van der Waals surface area contributed by atoms with Crippen molar-refractivity contribution in [2.24, 2.45) is 0 Å². The van der Waals surface area contributed by atoms with E-state index >= 15 is 0 Å². The number of nitrogens with zero attached hydrogens (tertiary/aromatic N) is 4. The molecule has 3 heterocycles. The molecule has 0 bridgehead atoms. The second kappa shape index (κ2) is 7.91. The van der Waals surface area contributed by atoms with Gasteiger partial charge in [0, 0.05) is 47.1 Å². The number of rotatable bonds is 7. The van der Waals surface area contributed by atoms with E-state index in [9.17, 15) is 4.79 Å². The number of imidazole rings is 1. The van der Waals surface area contributed by atoms with Gasteiger partial charge < -0.3 is 14.9 Å². The molecule has 1 fully saturated rings. The van der Waals surface area contributed by atoms with Crippen LogP contribution in [0.1, 0.15) is 47.6 Å². The quantitative estimate of drug-likeness (QED) is 0.505. The maximum Gasteiger partial charge on any atom is 0.251 e. The van der Waals surface area contributed by atoms with Crippen LogP contribution >= 0.6 is 11.9 Å². The van der Waals surface area contributed by atoms with Gasteiger partial charge in [-0.15, -0.1) is 0 Å². The highest BCUT2D eigenvalue weighted by atomic mass is 32.2. The molecule has 0 spiro atoms. The number of hydrogen-bond acceptors (Lipinski definition) is 6. The number of H-pyrrole nitrogens is 1. The fourth-order valence-corrected chi connectivity index (χ4v) is 4.27. The Kier molecular flexibility index (Phi) is 4.96. The van der Waals surface area contributed by atoms with Crippen molar-refractivity contribution in [2.75, 3.05) is 11.9 Å². The summed E-state index contributed by atoms with van der Waals surface area (Å²) in [6.45, 7) is 3.21. The zero-order valence-corrected chi connectivity index (χ0v) is 17.4. The van der Waals surface area contributed by atoms with Crippen LogP contribution in [0.5, 0.6) is 0 Å². The lowest BCUT2D eigenvalue weighted by atomic mass is 10.2. The third-order valence-corrected chi connectivity index (χ3v) is 6.04. The van der Waals surface area contributed by atoms with Crippen molar-refractivity contribution < 1.29 is 4.79 Å². The van der Waals surface area contributed by atoms with E-state index < -0.39 is 0 Å². The largest absolute Gasteiger partial charge is 0.352 e. The molecule has 1 aliphatic carbocycles. The summed E-state index contributed by atoms with van der Waals surface area (Å²) in [5, 5.41) is 13.8. The van der Waals surface area contributed by atoms with E-state index in [1.165, 1.54) is 18.5 Å². The third-order valence-electron chi connectivity index (χ3n) is 5.09.